The van der Waals surface area contributed by atoms with Gasteiger partial charge in [0.1, 0.15) is 0 Å². The first kappa shape index (κ1) is 21.4. The van der Waals surface area contributed by atoms with E-state index >= 15 is 0 Å². The van der Waals surface area contributed by atoms with Crippen molar-refractivity contribution in [1.29, 1.82) is 0 Å². The minimum atomic E-state index is -0.506. The number of morpholine rings is 2. The Morgan fingerprint density at radius 2 is 1.52 bits per heavy atom. The van der Waals surface area contributed by atoms with Crippen LogP contribution in [0.4, 0.5) is 22.7 Å². The number of anilines is 3. The second kappa shape index (κ2) is 9.51. The quantitative estimate of drug-likeness (QED) is 0.556. The molecular weight excluding hydrogens is 424 g/mol. The number of rotatable bonds is 5. The van der Waals surface area contributed by atoms with Crippen LogP contribution >= 0.6 is 11.6 Å². The lowest BCUT2D eigenvalue weighted by molar-refractivity contribution is -0.384. The number of halogens is 1. The van der Waals surface area contributed by atoms with Gasteiger partial charge in [0.25, 0.3) is 11.6 Å². The molecule has 2 saturated heterocycles. The van der Waals surface area contributed by atoms with Gasteiger partial charge in [0.05, 0.1) is 53.3 Å². The maximum atomic E-state index is 13.1. The van der Waals surface area contributed by atoms with Gasteiger partial charge in [-0.2, -0.15) is 0 Å². The monoisotopic (exact) mass is 446 g/mol. The molecular formula is C21H23ClN4O5. The highest BCUT2D eigenvalue weighted by molar-refractivity contribution is 6.33. The van der Waals surface area contributed by atoms with E-state index in [1.165, 1.54) is 12.1 Å². The molecule has 9 nitrogen and oxygen atoms in total. The number of nitro benzene ring substituents is 1. The molecule has 0 saturated carbocycles. The van der Waals surface area contributed by atoms with Crippen molar-refractivity contribution in [2.24, 2.45) is 0 Å². The number of nitrogens with zero attached hydrogens (tertiary/aromatic N) is 3. The highest BCUT2D eigenvalue weighted by Crippen LogP contribution is 2.31. The van der Waals surface area contributed by atoms with Crippen LogP contribution in [0.5, 0.6) is 0 Å². The Morgan fingerprint density at radius 3 is 2.10 bits per heavy atom. The number of non-ortho nitro benzene ring substituents is 1. The average molecular weight is 447 g/mol. The van der Waals surface area contributed by atoms with Crippen LogP contribution in [0.15, 0.2) is 36.4 Å². The Morgan fingerprint density at radius 1 is 0.935 bits per heavy atom. The first-order valence-electron chi connectivity index (χ1n) is 10.1. The molecule has 2 fully saturated rings. The summed E-state index contributed by atoms with van der Waals surface area (Å²) in [6.07, 6.45) is 0. The zero-order valence-electron chi connectivity index (χ0n) is 16.9. The van der Waals surface area contributed by atoms with Crippen molar-refractivity contribution >= 4 is 40.3 Å². The molecule has 0 bridgehead atoms. The molecule has 2 heterocycles. The zero-order valence-corrected chi connectivity index (χ0v) is 17.6. The highest BCUT2D eigenvalue weighted by atomic mass is 35.5. The first-order valence-corrected chi connectivity index (χ1v) is 10.5. The Kier molecular flexibility index (Phi) is 6.55. The number of carbonyl (C=O) groups is 1. The smallest absolute Gasteiger partial charge is 0.270 e. The predicted molar refractivity (Wildman–Crippen MR) is 119 cm³/mol. The molecule has 0 aromatic heterocycles. The predicted octanol–water partition coefficient (Wildman–Crippen LogP) is 3.17. The number of carbonyl (C=O) groups excluding carboxylic acids is 1. The van der Waals surface area contributed by atoms with Gasteiger partial charge in [-0.15, -0.1) is 0 Å². The van der Waals surface area contributed by atoms with Gasteiger partial charge in [0.15, 0.2) is 0 Å². The van der Waals surface area contributed by atoms with Gasteiger partial charge in [0, 0.05) is 44.0 Å². The lowest BCUT2D eigenvalue weighted by atomic mass is 10.1. The average Bonchev–Trinajstić information content (AvgIpc) is 2.80. The van der Waals surface area contributed by atoms with E-state index in [-0.39, 0.29) is 11.3 Å². The van der Waals surface area contributed by atoms with Crippen molar-refractivity contribution in [2.75, 3.05) is 67.7 Å². The molecule has 2 aromatic carbocycles. The third-order valence-electron chi connectivity index (χ3n) is 5.34. The Balaban J connectivity index is 1.57. The van der Waals surface area contributed by atoms with Gasteiger partial charge < -0.3 is 24.6 Å². The Labute approximate surface area is 184 Å². The van der Waals surface area contributed by atoms with Crippen LogP contribution < -0.4 is 15.1 Å². The first-order chi connectivity index (χ1) is 15.0. The van der Waals surface area contributed by atoms with Crippen LogP contribution in [0.1, 0.15) is 10.4 Å². The van der Waals surface area contributed by atoms with Gasteiger partial charge >= 0.3 is 0 Å². The highest BCUT2D eigenvalue weighted by Gasteiger charge is 2.23. The third-order valence-corrected chi connectivity index (χ3v) is 5.65. The van der Waals surface area contributed by atoms with E-state index in [0.717, 1.165) is 18.8 Å². The molecule has 164 valence electrons. The minimum absolute atomic E-state index is 0.136. The van der Waals surface area contributed by atoms with Gasteiger partial charge in [-0.25, -0.2) is 0 Å². The topological polar surface area (TPSA) is 97.2 Å². The fourth-order valence-corrected chi connectivity index (χ4v) is 4.04. The molecule has 2 aliphatic rings. The summed E-state index contributed by atoms with van der Waals surface area (Å²) in [5.41, 5.74) is 2.15. The van der Waals surface area contributed by atoms with Crippen LogP contribution in [-0.2, 0) is 9.47 Å². The molecule has 10 heteroatoms. The van der Waals surface area contributed by atoms with Crippen molar-refractivity contribution in [3.05, 3.63) is 57.1 Å². The molecule has 2 aromatic rings. The van der Waals surface area contributed by atoms with Gasteiger partial charge in [0.2, 0.25) is 0 Å². The second-order valence-corrected chi connectivity index (χ2v) is 7.68. The number of amides is 1. The molecule has 0 unspecified atom stereocenters. The van der Waals surface area contributed by atoms with E-state index in [4.69, 9.17) is 21.1 Å². The SMILES string of the molecule is O=C(Nc1ccc(N2CCOCC2)c(Cl)c1)c1cc([N+](=O)[O-])ccc1N1CCOCC1. The number of benzene rings is 2. The van der Waals surface area contributed by atoms with E-state index < -0.39 is 10.8 Å². The summed E-state index contributed by atoms with van der Waals surface area (Å²) in [5.74, 6) is -0.430. The van der Waals surface area contributed by atoms with Gasteiger partial charge in [-0.1, -0.05) is 11.6 Å². The van der Waals surface area contributed by atoms with E-state index in [2.05, 4.69) is 10.2 Å². The number of ether oxygens (including phenoxy) is 2. The van der Waals surface area contributed by atoms with Crippen LogP contribution in [0.3, 0.4) is 0 Å². The lowest BCUT2D eigenvalue weighted by Gasteiger charge is -2.30. The van der Waals surface area contributed by atoms with Crippen LogP contribution in [0.25, 0.3) is 0 Å². The minimum Gasteiger partial charge on any atom is -0.378 e. The number of nitro groups is 1. The molecule has 1 N–H and O–H groups in total. The molecule has 2 aliphatic heterocycles. The summed E-state index contributed by atoms with van der Waals surface area (Å²) in [6, 6.07) is 9.67. The number of hydrogen-bond donors (Lipinski definition) is 1. The molecule has 0 atom stereocenters. The van der Waals surface area contributed by atoms with Gasteiger partial charge in [-0.05, 0) is 24.3 Å². The van der Waals surface area contributed by atoms with Crippen molar-refractivity contribution in [3.8, 4) is 0 Å². The summed E-state index contributed by atoms with van der Waals surface area (Å²) in [5, 5.41) is 14.6. The van der Waals surface area contributed by atoms with E-state index in [1.807, 2.05) is 11.0 Å². The molecule has 31 heavy (non-hydrogen) atoms. The third kappa shape index (κ3) is 4.90. The normalized spacial score (nSPS) is 16.8. The molecule has 0 aliphatic carbocycles. The summed E-state index contributed by atoms with van der Waals surface area (Å²) < 4.78 is 10.7. The van der Waals surface area contributed by atoms with Crippen molar-refractivity contribution in [2.45, 2.75) is 0 Å². The van der Waals surface area contributed by atoms with E-state index in [9.17, 15) is 14.9 Å². The van der Waals surface area contributed by atoms with Crippen LogP contribution in [0, 0.1) is 10.1 Å². The van der Waals surface area contributed by atoms with Crippen LogP contribution in [0.2, 0.25) is 5.02 Å². The van der Waals surface area contributed by atoms with Gasteiger partial charge in [-0.3, -0.25) is 14.9 Å². The molecule has 0 radical (unpaired) electrons. The standard InChI is InChI=1S/C21H23ClN4O5/c22-18-13-15(1-3-20(18)25-7-11-31-12-8-25)23-21(27)17-14-16(26(28)29)2-4-19(17)24-5-9-30-10-6-24/h1-4,13-14H,5-12H2,(H,23,27). The van der Waals surface area contributed by atoms with Crippen molar-refractivity contribution in [3.63, 3.8) is 0 Å². The summed E-state index contributed by atoms with van der Waals surface area (Å²) in [6.45, 7) is 5.09. The van der Waals surface area contributed by atoms with E-state index in [1.54, 1.807) is 18.2 Å². The summed E-state index contributed by atoms with van der Waals surface area (Å²) in [7, 11) is 0. The fourth-order valence-electron chi connectivity index (χ4n) is 3.74. The summed E-state index contributed by atoms with van der Waals surface area (Å²) in [4.78, 5) is 28.0. The maximum Gasteiger partial charge on any atom is 0.270 e. The summed E-state index contributed by atoms with van der Waals surface area (Å²) >= 11 is 6.47. The maximum absolute atomic E-state index is 13.1. The Bertz CT molecular complexity index is 974. The largest absolute Gasteiger partial charge is 0.378 e. The van der Waals surface area contributed by atoms with Crippen molar-refractivity contribution in [1.82, 2.24) is 0 Å². The molecule has 4 rings (SSSR count). The number of nitrogens with one attached hydrogen (secondary N) is 1. The second-order valence-electron chi connectivity index (χ2n) is 7.28. The number of hydrogen-bond acceptors (Lipinski definition) is 7. The molecule has 1 amide bonds. The Hall–Kier alpha value is -2.88. The van der Waals surface area contributed by atoms with Crippen molar-refractivity contribution < 1.29 is 19.2 Å². The van der Waals surface area contributed by atoms with Crippen LogP contribution in [-0.4, -0.2) is 63.4 Å². The van der Waals surface area contributed by atoms with E-state index in [0.29, 0.717) is 55.9 Å². The lowest BCUT2D eigenvalue weighted by Crippen LogP contribution is -2.37. The molecule has 0 spiro atoms. The zero-order chi connectivity index (χ0) is 21.8. The fraction of sp³-hybridized carbons (Fsp3) is 0.381.